The molecule has 98 valence electrons. The molecule has 0 aliphatic heterocycles. The minimum absolute atomic E-state index is 0.233. The molecular weight excluding hydrogens is 256 g/mol. The van der Waals surface area contributed by atoms with Crippen LogP contribution in [-0.4, -0.2) is 5.78 Å². The molecule has 0 unspecified atom stereocenters. The number of aryl methyl sites for hydroxylation is 2. The average molecular weight is 273 g/mol. The average Bonchev–Trinajstić information content (AvgIpc) is 2.40. The van der Waals surface area contributed by atoms with E-state index in [0.717, 1.165) is 12.0 Å². The zero-order valence-corrected chi connectivity index (χ0v) is 11.8. The van der Waals surface area contributed by atoms with E-state index in [1.165, 1.54) is 11.1 Å². The predicted octanol–water partition coefficient (Wildman–Crippen LogP) is 4.39. The second-order valence-corrected chi connectivity index (χ2v) is 5.14. The third-order valence-corrected chi connectivity index (χ3v) is 3.65. The molecule has 0 fully saturated rings. The summed E-state index contributed by atoms with van der Waals surface area (Å²) in [6.07, 6.45) is 1.79. The highest BCUT2D eigenvalue weighted by atomic mass is 35.5. The number of carbonyl (C=O) groups is 1. The molecule has 2 heteroatoms. The van der Waals surface area contributed by atoms with Crippen LogP contribution in [0.4, 0.5) is 0 Å². The highest BCUT2D eigenvalue weighted by Crippen LogP contribution is 2.17. The molecule has 0 amide bonds. The van der Waals surface area contributed by atoms with Crippen molar-refractivity contribution in [2.75, 3.05) is 0 Å². The van der Waals surface area contributed by atoms with Crippen LogP contribution in [0.3, 0.4) is 0 Å². The van der Waals surface area contributed by atoms with Crippen molar-refractivity contribution in [3.63, 3.8) is 0 Å². The first kappa shape index (κ1) is 13.8. The van der Waals surface area contributed by atoms with Gasteiger partial charge >= 0.3 is 0 Å². The minimum atomic E-state index is 0.233. The molecule has 0 saturated heterocycles. The van der Waals surface area contributed by atoms with Crippen LogP contribution < -0.4 is 0 Å². The third-order valence-electron chi connectivity index (χ3n) is 3.28. The van der Waals surface area contributed by atoms with E-state index in [1.54, 1.807) is 0 Å². The van der Waals surface area contributed by atoms with Crippen molar-refractivity contribution in [2.45, 2.75) is 26.2 Å². The van der Waals surface area contributed by atoms with Gasteiger partial charge in [0.2, 0.25) is 0 Å². The van der Waals surface area contributed by atoms with E-state index < -0.39 is 0 Å². The van der Waals surface area contributed by atoms with E-state index >= 15 is 0 Å². The monoisotopic (exact) mass is 272 g/mol. The van der Waals surface area contributed by atoms with Gasteiger partial charge in [-0.1, -0.05) is 54.1 Å². The van der Waals surface area contributed by atoms with E-state index in [4.69, 9.17) is 11.6 Å². The van der Waals surface area contributed by atoms with Gasteiger partial charge < -0.3 is 0 Å². The Hall–Kier alpha value is -1.60. The molecular formula is C17H17ClO. The summed E-state index contributed by atoms with van der Waals surface area (Å²) >= 11 is 6.06. The van der Waals surface area contributed by atoms with Gasteiger partial charge in [-0.15, -0.1) is 0 Å². The highest BCUT2D eigenvalue weighted by Gasteiger charge is 2.07. The van der Waals surface area contributed by atoms with E-state index in [1.807, 2.05) is 36.4 Å². The van der Waals surface area contributed by atoms with Crippen LogP contribution in [0.1, 0.15) is 23.1 Å². The lowest BCUT2D eigenvalue weighted by atomic mass is 10.00. The molecule has 2 rings (SSSR count). The predicted molar refractivity (Wildman–Crippen MR) is 79.7 cm³/mol. The summed E-state index contributed by atoms with van der Waals surface area (Å²) < 4.78 is 0. The first-order chi connectivity index (χ1) is 9.16. The lowest BCUT2D eigenvalue weighted by Crippen LogP contribution is -2.05. The van der Waals surface area contributed by atoms with Crippen LogP contribution >= 0.6 is 11.6 Å². The van der Waals surface area contributed by atoms with Crippen molar-refractivity contribution >= 4 is 17.4 Å². The van der Waals surface area contributed by atoms with Crippen LogP contribution in [0.2, 0.25) is 5.02 Å². The van der Waals surface area contributed by atoms with Gasteiger partial charge in [-0.05, 0) is 36.1 Å². The van der Waals surface area contributed by atoms with Crippen molar-refractivity contribution in [3.05, 3.63) is 70.2 Å². The number of hydrogen-bond donors (Lipinski definition) is 0. The minimum Gasteiger partial charge on any atom is -0.299 e. The zero-order chi connectivity index (χ0) is 13.7. The number of benzene rings is 2. The van der Waals surface area contributed by atoms with Crippen molar-refractivity contribution < 1.29 is 4.79 Å². The van der Waals surface area contributed by atoms with Crippen molar-refractivity contribution in [2.24, 2.45) is 0 Å². The van der Waals surface area contributed by atoms with Gasteiger partial charge in [0.1, 0.15) is 5.78 Å². The largest absolute Gasteiger partial charge is 0.299 e. The Morgan fingerprint density at radius 3 is 2.32 bits per heavy atom. The van der Waals surface area contributed by atoms with Gasteiger partial charge in [0.25, 0.3) is 0 Å². The molecule has 0 spiro atoms. The van der Waals surface area contributed by atoms with Crippen LogP contribution in [0.25, 0.3) is 0 Å². The molecule has 2 aromatic carbocycles. The Balaban J connectivity index is 1.92. The van der Waals surface area contributed by atoms with Crippen LogP contribution in [0, 0.1) is 6.92 Å². The summed E-state index contributed by atoms with van der Waals surface area (Å²) in [5, 5.41) is 0.673. The zero-order valence-electron chi connectivity index (χ0n) is 11.0. The second-order valence-electron chi connectivity index (χ2n) is 4.73. The second kappa shape index (κ2) is 6.53. The molecule has 0 saturated carbocycles. The van der Waals surface area contributed by atoms with Gasteiger partial charge in [0.15, 0.2) is 0 Å². The fourth-order valence-corrected chi connectivity index (χ4v) is 2.31. The number of hydrogen-bond acceptors (Lipinski definition) is 1. The number of carbonyl (C=O) groups excluding carboxylic acids is 1. The topological polar surface area (TPSA) is 17.1 Å². The quantitative estimate of drug-likeness (QED) is 0.789. The van der Waals surface area contributed by atoms with E-state index in [0.29, 0.717) is 17.9 Å². The Morgan fingerprint density at radius 2 is 1.63 bits per heavy atom. The number of rotatable bonds is 5. The first-order valence-electron chi connectivity index (χ1n) is 6.46. The third kappa shape index (κ3) is 3.93. The first-order valence-corrected chi connectivity index (χ1v) is 6.84. The summed E-state index contributed by atoms with van der Waals surface area (Å²) in [7, 11) is 0. The molecule has 0 aliphatic rings. The molecule has 0 bridgehead atoms. The highest BCUT2D eigenvalue weighted by molar-refractivity contribution is 6.31. The van der Waals surface area contributed by atoms with Crippen LogP contribution in [0.15, 0.2) is 48.5 Å². The SMILES string of the molecule is Cc1ccccc1CCC(=O)Cc1ccccc1Cl. The van der Waals surface area contributed by atoms with Gasteiger partial charge in [0, 0.05) is 17.9 Å². The van der Waals surface area contributed by atoms with Gasteiger partial charge in [0.05, 0.1) is 0 Å². The van der Waals surface area contributed by atoms with Crippen molar-refractivity contribution in [3.8, 4) is 0 Å². The smallest absolute Gasteiger partial charge is 0.137 e. The fourth-order valence-electron chi connectivity index (χ4n) is 2.11. The Bertz CT molecular complexity index is 575. The number of Topliss-reactive ketones (excluding diaryl/α,β-unsaturated/α-hetero) is 1. The Labute approximate surface area is 119 Å². The molecule has 0 N–H and O–H groups in total. The molecule has 0 aliphatic carbocycles. The van der Waals surface area contributed by atoms with E-state index in [9.17, 15) is 4.79 Å². The molecule has 0 radical (unpaired) electrons. The molecule has 0 aromatic heterocycles. The summed E-state index contributed by atoms with van der Waals surface area (Å²) in [6.45, 7) is 2.08. The van der Waals surface area contributed by atoms with E-state index in [2.05, 4.69) is 19.1 Å². The maximum absolute atomic E-state index is 12.0. The number of halogens is 1. The lowest BCUT2D eigenvalue weighted by molar-refractivity contribution is -0.118. The lowest BCUT2D eigenvalue weighted by Gasteiger charge is -2.06. The Kier molecular flexibility index (Phi) is 4.75. The van der Waals surface area contributed by atoms with E-state index in [-0.39, 0.29) is 5.78 Å². The standard InChI is InChI=1S/C17H17ClO/c1-13-6-2-3-7-14(13)10-11-16(19)12-15-8-4-5-9-17(15)18/h2-9H,10-12H2,1H3. The van der Waals surface area contributed by atoms with Crippen LogP contribution in [-0.2, 0) is 17.6 Å². The summed E-state index contributed by atoms with van der Waals surface area (Å²) in [5.74, 6) is 0.233. The normalized spacial score (nSPS) is 10.4. The summed E-state index contributed by atoms with van der Waals surface area (Å²) in [5.41, 5.74) is 3.40. The molecule has 2 aromatic rings. The molecule has 1 nitrogen and oxygen atoms in total. The fraction of sp³-hybridized carbons (Fsp3) is 0.235. The molecule has 19 heavy (non-hydrogen) atoms. The molecule has 0 heterocycles. The summed E-state index contributed by atoms with van der Waals surface area (Å²) in [4.78, 5) is 12.0. The van der Waals surface area contributed by atoms with Crippen molar-refractivity contribution in [1.29, 1.82) is 0 Å². The van der Waals surface area contributed by atoms with Crippen LogP contribution in [0.5, 0.6) is 0 Å². The van der Waals surface area contributed by atoms with Gasteiger partial charge in [-0.25, -0.2) is 0 Å². The maximum Gasteiger partial charge on any atom is 0.137 e. The maximum atomic E-state index is 12.0. The summed E-state index contributed by atoms with van der Waals surface area (Å²) in [6, 6.07) is 15.7. The number of ketones is 1. The van der Waals surface area contributed by atoms with Gasteiger partial charge in [-0.2, -0.15) is 0 Å². The van der Waals surface area contributed by atoms with Crippen molar-refractivity contribution in [1.82, 2.24) is 0 Å². The van der Waals surface area contributed by atoms with Gasteiger partial charge in [-0.3, -0.25) is 4.79 Å². The molecule has 0 atom stereocenters. The Morgan fingerprint density at radius 1 is 1.00 bits per heavy atom.